The van der Waals surface area contributed by atoms with E-state index in [0.29, 0.717) is 6.61 Å². The van der Waals surface area contributed by atoms with Crippen LogP contribution in [0.5, 0.6) is 5.75 Å². The van der Waals surface area contributed by atoms with Crippen LogP contribution in [0.4, 0.5) is 0 Å². The molecule has 1 aromatic heterocycles. The molecule has 0 aliphatic carbocycles. The van der Waals surface area contributed by atoms with Gasteiger partial charge in [-0.1, -0.05) is 30.3 Å². The number of aromatic nitrogens is 1. The normalized spacial score (nSPS) is 10.7. The predicted octanol–water partition coefficient (Wildman–Crippen LogP) is 3.12. The number of aryl methyl sites for hydroxylation is 1. The zero-order chi connectivity index (χ0) is 13.9. The third kappa shape index (κ3) is 2.43. The van der Waals surface area contributed by atoms with Crippen LogP contribution in [-0.2, 0) is 13.7 Å². The van der Waals surface area contributed by atoms with Crippen molar-refractivity contribution in [2.24, 2.45) is 7.05 Å². The number of rotatable bonds is 3. The fourth-order valence-corrected chi connectivity index (χ4v) is 2.18. The molecule has 20 heavy (non-hydrogen) atoms. The molecule has 3 nitrogen and oxygen atoms in total. The quantitative estimate of drug-likeness (QED) is 0.728. The van der Waals surface area contributed by atoms with Crippen LogP contribution < -0.4 is 10.3 Å². The largest absolute Gasteiger partial charge is 0.489 e. The molecule has 2 aromatic carbocycles. The lowest BCUT2D eigenvalue weighted by Crippen LogP contribution is -2.14. The van der Waals surface area contributed by atoms with E-state index < -0.39 is 0 Å². The highest BCUT2D eigenvalue weighted by Crippen LogP contribution is 2.20. The van der Waals surface area contributed by atoms with Gasteiger partial charge in [0, 0.05) is 19.2 Å². The molecule has 0 saturated heterocycles. The molecule has 100 valence electrons. The molecule has 3 rings (SSSR count). The minimum atomic E-state index is -0.0160. The maximum absolute atomic E-state index is 11.6. The number of nitrogens with zero attached hydrogens (tertiary/aromatic N) is 1. The van der Waals surface area contributed by atoms with Gasteiger partial charge in [0.25, 0.3) is 5.56 Å². The molecule has 0 saturated carbocycles. The van der Waals surface area contributed by atoms with Crippen molar-refractivity contribution in [3.8, 4) is 5.75 Å². The Labute approximate surface area is 117 Å². The summed E-state index contributed by atoms with van der Waals surface area (Å²) < 4.78 is 7.41. The van der Waals surface area contributed by atoms with Crippen molar-refractivity contribution in [1.82, 2.24) is 4.57 Å². The fraction of sp³-hybridized carbons (Fsp3) is 0.118. The predicted molar refractivity (Wildman–Crippen MR) is 80.0 cm³/mol. The minimum absolute atomic E-state index is 0.0160. The molecule has 3 heteroatoms. The van der Waals surface area contributed by atoms with Gasteiger partial charge in [0.2, 0.25) is 0 Å². The summed E-state index contributed by atoms with van der Waals surface area (Å²) in [5.41, 5.74) is 1.98. The van der Waals surface area contributed by atoms with E-state index in [0.717, 1.165) is 22.2 Å². The van der Waals surface area contributed by atoms with E-state index in [9.17, 15) is 4.79 Å². The molecule has 0 aliphatic heterocycles. The van der Waals surface area contributed by atoms with E-state index in [4.69, 9.17) is 4.74 Å². The smallest absolute Gasteiger partial charge is 0.250 e. The Morgan fingerprint density at radius 1 is 1.00 bits per heavy atom. The average molecular weight is 265 g/mol. The molecule has 0 atom stereocenters. The molecule has 0 aliphatic rings. The van der Waals surface area contributed by atoms with Crippen molar-refractivity contribution in [2.45, 2.75) is 6.61 Å². The Bertz CT molecular complexity index is 791. The zero-order valence-electron chi connectivity index (χ0n) is 11.2. The van der Waals surface area contributed by atoms with Gasteiger partial charge in [-0.15, -0.1) is 0 Å². The first-order chi connectivity index (χ1) is 9.74. The number of hydrogen-bond acceptors (Lipinski definition) is 2. The van der Waals surface area contributed by atoms with E-state index >= 15 is 0 Å². The molecular weight excluding hydrogens is 250 g/mol. The first kappa shape index (κ1) is 12.5. The zero-order valence-corrected chi connectivity index (χ0v) is 11.2. The summed E-state index contributed by atoms with van der Waals surface area (Å²) in [6, 6.07) is 19.2. The first-order valence-electron chi connectivity index (χ1n) is 6.50. The minimum Gasteiger partial charge on any atom is -0.489 e. The van der Waals surface area contributed by atoms with Crippen LogP contribution in [0.25, 0.3) is 10.9 Å². The number of benzene rings is 2. The summed E-state index contributed by atoms with van der Waals surface area (Å²) in [6.45, 7) is 0.521. The molecule has 0 amide bonds. The van der Waals surface area contributed by atoms with Gasteiger partial charge in [0.15, 0.2) is 0 Å². The van der Waals surface area contributed by atoms with Gasteiger partial charge in [-0.25, -0.2) is 0 Å². The molecule has 1 heterocycles. The van der Waals surface area contributed by atoms with Crippen molar-refractivity contribution in [3.05, 3.63) is 76.6 Å². The summed E-state index contributed by atoms with van der Waals surface area (Å²) in [4.78, 5) is 11.6. The standard InChI is InChI=1S/C17H15NO2/c1-18-16-11-15(9-7-14(16)8-10-17(18)19)20-12-13-5-3-2-4-6-13/h2-11H,12H2,1H3. The summed E-state index contributed by atoms with van der Waals surface area (Å²) in [5.74, 6) is 0.766. The van der Waals surface area contributed by atoms with Crippen LogP contribution in [0.2, 0.25) is 0 Å². The van der Waals surface area contributed by atoms with E-state index in [-0.39, 0.29) is 5.56 Å². The van der Waals surface area contributed by atoms with Crippen LogP contribution in [0.15, 0.2) is 65.5 Å². The fourth-order valence-electron chi connectivity index (χ4n) is 2.18. The highest BCUT2D eigenvalue weighted by molar-refractivity contribution is 5.80. The lowest BCUT2D eigenvalue weighted by Gasteiger charge is -2.09. The van der Waals surface area contributed by atoms with Gasteiger partial charge in [0.05, 0.1) is 5.52 Å². The summed E-state index contributed by atoms with van der Waals surface area (Å²) in [5, 5.41) is 1.03. The first-order valence-corrected chi connectivity index (χ1v) is 6.50. The molecule has 3 aromatic rings. The van der Waals surface area contributed by atoms with E-state index in [1.54, 1.807) is 17.7 Å². The number of hydrogen-bond donors (Lipinski definition) is 0. The Morgan fingerprint density at radius 3 is 2.55 bits per heavy atom. The van der Waals surface area contributed by atoms with E-state index in [1.807, 2.05) is 54.6 Å². The molecular formula is C17H15NO2. The Morgan fingerprint density at radius 2 is 1.75 bits per heavy atom. The molecule has 0 radical (unpaired) electrons. The Balaban J connectivity index is 1.89. The van der Waals surface area contributed by atoms with Crippen LogP contribution in [-0.4, -0.2) is 4.57 Å². The summed E-state index contributed by atoms with van der Waals surface area (Å²) >= 11 is 0. The van der Waals surface area contributed by atoms with Crippen LogP contribution in [0.3, 0.4) is 0 Å². The number of pyridine rings is 1. The summed E-state index contributed by atoms with van der Waals surface area (Å²) in [6.07, 6.45) is 0. The van der Waals surface area contributed by atoms with Gasteiger partial charge >= 0.3 is 0 Å². The second-order valence-corrected chi connectivity index (χ2v) is 4.73. The number of ether oxygens (including phenoxy) is 1. The maximum Gasteiger partial charge on any atom is 0.250 e. The van der Waals surface area contributed by atoms with Gasteiger partial charge in [-0.05, 0) is 29.1 Å². The van der Waals surface area contributed by atoms with Gasteiger partial charge in [-0.2, -0.15) is 0 Å². The van der Waals surface area contributed by atoms with Gasteiger partial charge in [0.1, 0.15) is 12.4 Å². The second-order valence-electron chi connectivity index (χ2n) is 4.73. The molecule has 0 spiro atoms. The lowest BCUT2D eigenvalue weighted by molar-refractivity contribution is 0.306. The molecule has 0 N–H and O–H groups in total. The maximum atomic E-state index is 11.6. The van der Waals surface area contributed by atoms with Crippen LogP contribution in [0, 0.1) is 0 Å². The Hall–Kier alpha value is -2.55. The van der Waals surface area contributed by atoms with Crippen molar-refractivity contribution in [3.63, 3.8) is 0 Å². The highest BCUT2D eigenvalue weighted by atomic mass is 16.5. The lowest BCUT2D eigenvalue weighted by atomic mass is 10.2. The molecule has 0 unspecified atom stereocenters. The average Bonchev–Trinajstić information content (AvgIpc) is 2.50. The van der Waals surface area contributed by atoms with E-state index in [1.165, 1.54) is 0 Å². The topological polar surface area (TPSA) is 31.2 Å². The Kier molecular flexibility index (Phi) is 3.25. The van der Waals surface area contributed by atoms with Crippen molar-refractivity contribution in [1.29, 1.82) is 0 Å². The number of fused-ring (bicyclic) bond motifs is 1. The monoisotopic (exact) mass is 265 g/mol. The second kappa shape index (κ2) is 5.21. The third-order valence-corrected chi connectivity index (χ3v) is 3.35. The van der Waals surface area contributed by atoms with Crippen LogP contribution >= 0.6 is 0 Å². The van der Waals surface area contributed by atoms with E-state index in [2.05, 4.69) is 0 Å². The molecule has 0 fully saturated rings. The summed E-state index contributed by atoms with van der Waals surface area (Å²) in [7, 11) is 1.77. The molecule has 0 bridgehead atoms. The third-order valence-electron chi connectivity index (χ3n) is 3.35. The van der Waals surface area contributed by atoms with Gasteiger partial charge < -0.3 is 9.30 Å². The van der Waals surface area contributed by atoms with Crippen molar-refractivity contribution in [2.75, 3.05) is 0 Å². The van der Waals surface area contributed by atoms with Crippen molar-refractivity contribution < 1.29 is 4.74 Å². The van der Waals surface area contributed by atoms with Gasteiger partial charge in [-0.3, -0.25) is 4.79 Å². The van der Waals surface area contributed by atoms with Crippen LogP contribution in [0.1, 0.15) is 5.56 Å². The SMILES string of the molecule is Cn1c(=O)ccc2ccc(OCc3ccccc3)cc21. The highest BCUT2D eigenvalue weighted by Gasteiger charge is 2.02. The van der Waals surface area contributed by atoms with Crippen molar-refractivity contribution >= 4 is 10.9 Å².